The van der Waals surface area contributed by atoms with E-state index in [1.807, 2.05) is 30.3 Å². The standard InChI is InChI=1S/C24H19FN2O3/c1-2-30-24(29)16-8-13-19-20(14-16)27-23(28)21(19)22(15-6-4-3-5-7-15)26-18-11-9-17(25)10-12-18/h3-14,27-28H,2H2,1H3. The minimum absolute atomic E-state index is 0.0734. The van der Waals surface area contributed by atoms with Crippen LogP contribution < -0.4 is 0 Å². The van der Waals surface area contributed by atoms with Crippen molar-refractivity contribution in [2.45, 2.75) is 6.92 Å². The Balaban J connectivity index is 1.89. The molecule has 0 fully saturated rings. The molecule has 0 aliphatic carbocycles. The van der Waals surface area contributed by atoms with Gasteiger partial charge in [0.2, 0.25) is 0 Å². The van der Waals surface area contributed by atoms with Crippen LogP contribution in [0.5, 0.6) is 5.88 Å². The molecule has 0 aliphatic heterocycles. The summed E-state index contributed by atoms with van der Waals surface area (Å²) in [5, 5.41) is 11.4. The Morgan fingerprint density at radius 2 is 1.77 bits per heavy atom. The summed E-state index contributed by atoms with van der Waals surface area (Å²) in [6, 6.07) is 20.3. The van der Waals surface area contributed by atoms with Crippen LogP contribution >= 0.6 is 0 Å². The maximum absolute atomic E-state index is 13.3. The van der Waals surface area contributed by atoms with E-state index >= 15 is 0 Å². The lowest BCUT2D eigenvalue weighted by Crippen LogP contribution is -2.05. The Hall–Kier alpha value is -3.93. The average molecular weight is 402 g/mol. The Morgan fingerprint density at radius 3 is 2.47 bits per heavy atom. The second kappa shape index (κ2) is 8.21. The van der Waals surface area contributed by atoms with Gasteiger partial charge in [0, 0.05) is 16.5 Å². The zero-order valence-electron chi connectivity index (χ0n) is 16.2. The van der Waals surface area contributed by atoms with E-state index in [0.717, 1.165) is 5.56 Å². The number of fused-ring (bicyclic) bond motifs is 1. The first-order valence-corrected chi connectivity index (χ1v) is 9.48. The highest BCUT2D eigenvalue weighted by atomic mass is 19.1. The topological polar surface area (TPSA) is 74.7 Å². The van der Waals surface area contributed by atoms with Crippen LogP contribution in [0, 0.1) is 5.82 Å². The molecule has 0 bridgehead atoms. The minimum atomic E-state index is -0.432. The number of H-pyrrole nitrogens is 1. The molecule has 150 valence electrons. The number of benzene rings is 3. The van der Waals surface area contributed by atoms with Crippen molar-refractivity contribution in [3.63, 3.8) is 0 Å². The van der Waals surface area contributed by atoms with Gasteiger partial charge in [-0.15, -0.1) is 0 Å². The number of rotatable bonds is 5. The number of aromatic amines is 1. The highest BCUT2D eigenvalue weighted by Crippen LogP contribution is 2.32. The highest BCUT2D eigenvalue weighted by molar-refractivity contribution is 6.22. The normalized spacial score (nSPS) is 11.6. The van der Waals surface area contributed by atoms with Gasteiger partial charge in [0.1, 0.15) is 5.82 Å². The van der Waals surface area contributed by atoms with Crippen LogP contribution in [0.1, 0.15) is 28.4 Å². The molecule has 4 rings (SSSR count). The lowest BCUT2D eigenvalue weighted by atomic mass is 10.00. The molecule has 0 amide bonds. The summed E-state index contributed by atoms with van der Waals surface area (Å²) in [5.41, 5.74) is 3.31. The van der Waals surface area contributed by atoms with Crippen molar-refractivity contribution in [1.29, 1.82) is 0 Å². The van der Waals surface area contributed by atoms with Gasteiger partial charge in [-0.25, -0.2) is 14.2 Å². The first kappa shape index (κ1) is 19.4. The second-order valence-electron chi connectivity index (χ2n) is 6.63. The van der Waals surface area contributed by atoms with Crippen LogP contribution in [-0.2, 0) is 4.74 Å². The molecule has 5 nitrogen and oxygen atoms in total. The van der Waals surface area contributed by atoms with E-state index in [2.05, 4.69) is 9.98 Å². The molecule has 0 unspecified atom stereocenters. The van der Waals surface area contributed by atoms with Crippen LogP contribution in [0.25, 0.3) is 10.9 Å². The first-order valence-electron chi connectivity index (χ1n) is 9.48. The summed E-state index contributed by atoms with van der Waals surface area (Å²) in [5.74, 6) is -0.856. The highest BCUT2D eigenvalue weighted by Gasteiger charge is 2.20. The molecular weight excluding hydrogens is 383 g/mol. The van der Waals surface area contributed by atoms with Gasteiger partial charge in [-0.2, -0.15) is 0 Å². The van der Waals surface area contributed by atoms with Crippen LogP contribution in [0.4, 0.5) is 10.1 Å². The summed E-state index contributed by atoms with van der Waals surface area (Å²) in [6.45, 7) is 2.02. The van der Waals surface area contributed by atoms with Crippen LogP contribution in [0.15, 0.2) is 77.8 Å². The molecule has 3 aromatic carbocycles. The molecule has 1 heterocycles. The van der Waals surface area contributed by atoms with Crippen molar-refractivity contribution in [1.82, 2.24) is 4.98 Å². The quantitative estimate of drug-likeness (QED) is 0.349. The van der Waals surface area contributed by atoms with Crippen LogP contribution in [-0.4, -0.2) is 28.4 Å². The molecule has 0 aliphatic rings. The van der Waals surface area contributed by atoms with Crippen LogP contribution in [0.2, 0.25) is 0 Å². The number of halogens is 1. The van der Waals surface area contributed by atoms with Gasteiger partial charge < -0.3 is 14.8 Å². The van der Waals surface area contributed by atoms with E-state index in [1.54, 1.807) is 37.3 Å². The third kappa shape index (κ3) is 3.80. The fourth-order valence-electron chi connectivity index (χ4n) is 3.27. The summed E-state index contributed by atoms with van der Waals surface area (Å²) in [7, 11) is 0. The first-order chi connectivity index (χ1) is 14.6. The third-order valence-electron chi connectivity index (χ3n) is 4.64. The predicted molar refractivity (Wildman–Crippen MR) is 114 cm³/mol. The van der Waals surface area contributed by atoms with E-state index in [0.29, 0.717) is 33.4 Å². The van der Waals surface area contributed by atoms with Gasteiger partial charge in [-0.1, -0.05) is 36.4 Å². The molecule has 1 aromatic heterocycles. The van der Waals surface area contributed by atoms with Gasteiger partial charge in [0.15, 0.2) is 5.88 Å². The fourth-order valence-corrected chi connectivity index (χ4v) is 3.27. The number of aromatic hydroxyl groups is 1. The summed E-state index contributed by atoms with van der Waals surface area (Å²) in [4.78, 5) is 19.7. The molecule has 0 saturated carbocycles. The van der Waals surface area contributed by atoms with Crippen molar-refractivity contribution < 1.29 is 19.0 Å². The Labute approximate surface area is 172 Å². The largest absolute Gasteiger partial charge is 0.494 e. The number of aromatic nitrogens is 1. The molecular formula is C24H19FN2O3. The van der Waals surface area contributed by atoms with E-state index in [-0.39, 0.29) is 18.3 Å². The zero-order chi connectivity index (χ0) is 21.1. The van der Waals surface area contributed by atoms with E-state index in [9.17, 15) is 14.3 Å². The molecule has 30 heavy (non-hydrogen) atoms. The lowest BCUT2D eigenvalue weighted by molar-refractivity contribution is 0.0526. The lowest BCUT2D eigenvalue weighted by Gasteiger charge is -2.08. The molecule has 2 N–H and O–H groups in total. The number of hydrogen-bond acceptors (Lipinski definition) is 4. The number of carbonyl (C=O) groups excluding carboxylic acids is 1. The molecule has 6 heteroatoms. The van der Waals surface area contributed by atoms with Crippen molar-refractivity contribution in [3.8, 4) is 5.88 Å². The van der Waals surface area contributed by atoms with Crippen molar-refractivity contribution in [3.05, 3.63) is 95.3 Å². The van der Waals surface area contributed by atoms with E-state index in [4.69, 9.17) is 4.74 Å². The van der Waals surface area contributed by atoms with Gasteiger partial charge in [0.05, 0.1) is 29.1 Å². The van der Waals surface area contributed by atoms with Gasteiger partial charge in [0.25, 0.3) is 0 Å². The Morgan fingerprint density at radius 1 is 1.03 bits per heavy atom. The monoisotopic (exact) mass is 402 g/mol. The Kier molecular flexibility index (Phi) is 5.30. The van der Waals surface area contributed by atoms with Crippen LogP contribution in [0.3, 0.4) is 0 Å². The zero-order valence-corrected chi connectivity index (χ0v) is 16.2. The molecule has 4 aromatic rings. The average Bonchev–Trinajstić information content (AvgIpc) is 3.09. The number of carbonyl (C=O) groups is 1. The van der Waals surface area contributed by atoms with Crippen molar-refractivity contribution >= 4 is 28.3 Å². The number of esters is 1. The van der Waals surface area contributed by atoms with Gasteiger partial charge in [-0.3, -0.25) is 0 Å². The number of nitrogens with zero attached hydrogens (tertiary/aromatic N) is 1. The van der Waals surface area contributed by atoms with Gasteiger partial charge in [-0.05, 0) is 43.3 Å². The second-order valence-corrected chi connectivity index (χ2v) is 6.63. The minimum Gasteiger partial charge on any atom is -0.494 e. The molecule has 0 atom stereocenters. The number of ether oxygens (including phenoxy) is 1. The molecule has 0 radical (unpaired) electrons. The number of nitrogens with one attached hydrogen (secondary N) is 1. The summed E-state index contributed by atoms with van der Waals surface area (Å²) >= 11 is 0. The van der Waals surface area contributed by atoms with E-state index in [1.165, 1.54) is 12.1 Å². The maximum atomic E-state index is 13.3. The predicted octanol–water partition coefficient (Wildman–Crippen LogP) is 5.36. The van der Waals surface area contributed by atoms with Gasteiger partial charge >= 0.3 is 5.97 Å². The SMILES string of the molecule is CCOC(=O)c1ccc2c(C(=Nc3ccc(F)cc3)c3ccccc3)c(O)[nH]c2c1. The summed E-state index contributed by atoms with van der Waals surface area (Å²) < 4.78 is 18.4. The number of aliphatic imine (C=N–C) groups is 1. The Bertz CT molecular complexity index is 1230. The number of hydrogen-bond donors (Lipinski definition) is 2. The third-order valence-corrected chi connectivity index (χ3v) is 4.64. The van der Waals surface area contributed by atoms with Crippen molar-refractivity contribution in [2.24, 2.45) is 4.99 Å². The van der Waals surface area contributed by atoms with Crippen molar-refractivity contribution in [2.75, 3.05) is 6.61 Å². The van der Waals surface area contributed by atoms with E-state index < -0.39 is 5.97 Å². The molecule has 0 saturated heterocycles. The summed E-state index contributed by atoms with van der Waals surface area (Å²) in [6.07, 6.45) is 0. The fraction of sp³-hybridized carbons (Fsp3) is 0.0833. The molecule has 0 spiro atoms. The smallest absolute Gasteiger partial charge is 0.338 e. The maximum Gasteiger partial charge on any atom is 0.338 e.